The van der Waals surface area contributed by atoms with Crippen molar-refractivity contribution in [1.29, 1.82) is 0 Å². The fourth-order valence-corrected chi connectivity index (χ4v) is 4.93. The molecule has 212 valence electrons. The first-order valence-corrected chi connectivity index (χ1v) is 13.2. The van der Waals surface area contributed by atoms with Gasteiger partial charge >= 0.3 is 5.97 Å². The number of Topliss-reactive ketones (excluding diaryl/α,β-unsaturated/α-hetero) is 1. The number of benzene rings is 4. The van der Waals surface area contributed by atoms with Crippen LogP contribution in [-0.2, 0) is 20.9 Å². The van der Waals surface area contributed by atoms with E-state index in [9.17, 15) is 19.5 Å². The highest BCUT2D eigenvalue weighted by molar-refractivity contribution is 6.51. The Bertz CT molecular complexity index is 1660. The number of ketones is 1. The Morgan fingerprint density at radius 1 is 0.857 bits per heavy atom. The lowest BCUT2D eigenvalue weighted by Gasteiger charge is -2.25. The monoisotopic (exact) mass is 563 g/mol. The van der Waals surface area contributed by atoms with Crippen LogP contribution in [0.3, 0.4) is 0 Å². The normalized spacial score (nSPS) is 15.9. The van der Waals surface area contributed by atoms with Gasteiger partial charge in [-0.15, -0.1) is 0 Å². The highest BCUT2D eigenvalue weighted by atomic mass is 16.5. The molecule has 1 atom stereocenters. The molecule has 0 spiro atoms. The summed E-state index contributed by atoms with van der Waals surface area (Å²) in [5.74, 6) is -1.23. The summed E-state index contributed by atoms with van der Waals surface area (Å²) in [4.78, 5) is 40.3. The van der Waals surface area contributed by atoms with Crippen LogP contribution in [0.1, 0.15) is 38.7 Å². The summed E-state index contributed by atoms with van der Waals surface area (Å²) < 4.78 is 16.0. The van der Waals surface area contributed by atoms with Crippen LogP contribution in [0, 0.1) is 6.92 Å². The molecular formula is C34H29NO7. The number of esters is 1. The summed E-state index contributed by atoms with van der Waals surface area (Å²) in [7, 11) is 2.82. The van der Waals surface area contributed by atoms with Gasteiger partial charge in [0.2, 0.25) is 0 Å². The van der Waals surface area contributed by atoms with Crippen molar-refractivity contribution < 1.29 is 33.7 Å². The van der Waals surface area contributed by atoms with Crippen molar-refractivity contribution in [2.45, 2.75) is 19.6 Å². The van der Waals surface area contributed by atoms with Gasteiger partial charge < -0.3 is 19.3 Å². The minimum atomic E-state index is -0.936. The average molecular weight is 564 g/mol. The lowest BCUT2D eigenvalue weighted by molar-refractivity contribution is -0.132. The molecule has 8 nitrogen and oxygen atoms in total. The first-order chi connectivity index (χ1) is 20.3. The van der Waals surface area contributed by atoms with Crippen molar-refractivity contribution in [2.75, 3.05) is 19.1 Å². The number of rotatable bonds is 8. The van der Waals surface area contributed by atoms with Gasteiger partial charge in [-0.1, -0.05) is 42.5 Å². The van der Waals surface area contributed by atoms with Crippen LogP contribution in [0.4, 0.5) is 5.69 Å². The number of carbonyl (C=O) groups excluding carboxylic acids is 3. The van der Waals surface area contributed by atoms with Crippen molar-refractivity contribution in [3.05, 3.63) is 130 Å². The number of aliphatic hydroxyl groups excluding tert-OH is 1. The number of aryl methyl sites for hydroxylation is 1. The first kappa shape index (κ1) is 28.2. The Labute approximate surface area is 243 Å². The number of aliphatic hydroxyl groups is 1. The molecule has 0 aliphatic carbocycles. The third-order valence-corrected chi connectivity index (χ3v) is 7.13. The Morgan fingerprint density at radius 3 is 2.14 bits per heavy atom. The molecule has 1 amide bonds. The topological polar surface area (TPSA) is 102 Å². The van der Waals surface area contributed by atoms with Crippen LogP contribution < -0.4 is 14.4 Å². The molecule has 4 aromatic carbocycles. The number of nitrogens with zero attached hydrogens (tertiary/aromatic N) is 1. The highest BCUT2D eigenvalue weighted by Gasteiger charge is 2.47. The van der Waals surface area contributed by atoms with Gasteiger partial charge in [-0.05, 0) is 78.2 Å². The minimum Gasteiger partial charge on any atom is -0.507 e. The van der Waals surface area contributed by atoms with E-state index >= 15 is 0 Å². The molecule has 0 saturated carbocycles. The number of amides is 1. The second kappa shape index (κ2) is 12.0. The second-order valence-corrected chi connectivity index (χ2v) is 9.74. The van der Waals surface area contributed by atoms with Gasteiger partial charge in [0.25, 0.3) is 11.7 Å². The zero-order valence-corrected chi connectivity index (χ0v) is 23.4. The van der Waals surface area contributed by atoms with Gasteiger partial charge in [0.05, 0.1) is 31.4 Å². The smallest absolute Gasteiger partial charge is 0.337 e. The van der Waals surface area contributed by atoms with Crippen molar-refractivity contribution in [3.8, 4) is 11.5 Å². The van der Waals surface area contributed by atoms with Gasteiger partial charge in [0, 0.05) is 11.3 Å². The van der Waals surface area contributed by atoms with E-state index in [1.54, 1.807) is 61.7 Å². The SMILES string of the molecule is COC(=O)c1ccc(N2C(=O)C(=O)/C(=C(\O)c3ccc(OCc4ccccc4)c(C)c3)C2c2ccc(OC)cc2)cc1. The Balaban J connectivity index is 1.55. The number of carbonyl (C=O) groups is 3. The largest absolute Gasteiger partial charge is 0.507 e. The standard InChI is InChI=1S/C34H29NO7/c1-21-19-25(13-18-28(21)42-20-22-7-5-4-6-8-22)31(36)29-30(23-11-16-27(40-2)17-12-23)35(33(38)32(29)37)26-14-9-24(10-15-26)34(39)41-3/h4-19,30,36H,20H2,1-3H3/b31-29-. The maximum absolute atomic E-state index is 13.5. The van der Waals surface area contributed by atoms with Gasteiger partial charge in [0.1, 0.15) is 23.9 Å². The minimum absolute atomic E-state index is 0.0560. The molecule has 1 N–H and O–H groups in total. The zero-order chi connectivity index (χ0) is 29.8. The number of ether oxygens (including phenoxy) is 3. The Hall–Kier alpha value is -5.37. The fraction of sp³-hybridized carbons (Fsp3) is 0.147. The molecule has 0 aromatic heterocycles. The van der Waals surface area contributed by atoms with E-state index in [0.29, 0.717) is 40.5 Å². The van der Waals surface area contributed by atoms with E-state index in [0.717, 1.165) is 11.1 Å². The number of hydrogen-bond donors (Lipinski definition) is 1. The fourth-order valence-electron chi connectivity index (χ4n) is 4.93. The second-order valence-electron chi connectivity index (χ2n) is 9.74. The molecule has 0 radical (unpaired) electrons. The molecular weight excluding hydrogens is 534 g/mol. The maximum Gasteiger partial charge on any atom is 0.337 e. The van der Waals surface area contributed by atoms with Gasteiger partial charge in [-0.25, -0.2) is 4.79 Å². The van der Waals surface area contributed by atoms with Gasteiger partial charge in [-0.3, -0.25) is 14.5 Å². The summed E-state index contributed by atoms with van der Waals surface area (Å²) in [6, 6.07) is 27.0. The van der Waals surface area contributed by atoms with Crippen molar-refractivity contribution in [1.82, 2.24) is 0 Å². The average Bonchev–Trinajstić information content (AvgIpc) is 3.29. The van der Waals surface area contributed by atoms with Crippen LogP contribution >= 0.6 is 0 Å². The lowest BCUT2D eigenvalue weighted by atomic mass is 9.94. The van der Waals surface area contributed by atoms with E-state index < -0.39 is 23.7 Å². The zero-order valence-electron chi connectivity index (χ0n) is 23.4. The number of methoxy groups -OCH3 is 2. The molecule has 1 unspecified atom stereocenters. The lowest BCUT2D eigenvalue weighted by Crippen LogP contribution is -2.29. The first-order valence-electron chi connectivity index (χ1n) is 13.2. The number of anilines is 1. The molecule has 5 rings (SSSR count). The third kappa shape index (κ3) is 5.47. The van der Waals surface area contributed by atoms with Crippen molar-refractivity contribution >= 4 is 29.1 Å². The summed E-state index contributed by atoms with van der Waals surface area (Å²) in [6.07, 6.45) is 0. The quantitative estimate of drug-likeness (QED) is 0.121. The van der Waals surface area contributed by atoms with Crippen LogP contribution in [0.15, 0.2) is 103 Å². The molecule has 0 bridgehead atoms. The number of hydrogen-bond acceptors (Lipinski definition) is 7. The summed E-state index contributed by atoms with van der Waals surface area (Å²) in [5, 5.41) is 11.5. The molecule has 1 fully saturated rings. The van der Waals surface area contributed by atoms with E-state index in [1.165, 1.54) is 24.1 Å². The predicted octanol–water partition coefficient (Wildman–Crippen LogP) is 6.00. The van der Waals surface area contributed by atoms with E-state index in [2.05, 4.69) is 0 Å². The van der Waals surface area contributed by atoms with Crippen molar-refractivity contribution in [3.63, 3.8) is 0 Å². The molecule has 4 aromatic rings. The van der Waals surface area contributed by atoms with Crippen LogP contribution in [0.5, 0.6) is 11.5 Å². The Kier molecular flexibility index (Phi) is 8.06. The van der Waals surface area contributed by atoms with Gasteiger partial charge in [0.15, 0.2) is 0 Å². The van der Waals surface area contributed by atoms with Gasteiger partial charge in [-0.2, -0.15) is 0 Å². The molecule has 1 aliphatic heterocycles. The van der Waals surface area contributed by atoms with E-state index in [-0.39, 0.29) is 11.3 Å². The summed E-state index contributed by atoms with van der Waals surface area (Å²) in [6.45, 7) is 2.23. The predicted molar refractivity (Wildman–Crippen MR) is 158 cm³/mol. The molecule has 8 heteroatoms. The highest BCUT2D eigenvalue weighted by Crippen LogP contribution is 2.43. The van der Waals surface area contributed by atoms with Crippen LogP contribution in [0.25, 0.3) is 5.76 Å². The van der Waals surface area contributed by atoms with Crippen molar-refractivity contribution in [2.24, 2.45) is 0 Å². The van der Waals surface area contributed by atoms with E-state index in [1.807, 2.05) is 37.3 Å². The van der Waals surface area contributed by atoms with Crippen LogP contribution in [0.2, 0.25) is 0 Å². The summed E-state index contributed by atoms with van der Waals surface area (Å²) in [5.41, 5.74) is 3.35. The third-order valence-electron chi connectivity index (χ3n) is 7.13. The molecule has 1 saturated heterocycles. The van der Waals surface area contributed by atoms with Crippen LogP contribution in [-0.4, -0.2) is 37.0 Å². The molecule has 1 aliphatic rings. The van der Waals surface area contributed by atoms with E-state index in [4.69, 9.17) is 14.2 Å². The Morgan fingerprint density at radius 2 is 1.52 bits per heavy atom. The maximum atomic E-state index is 13.5. The molecule has 42 heavy (non-hydrogen) atoms. The summed E-state index contributed by atoms with van der Waals surface area (Å²) >= 11 is 0. The molecule has 1 heterocycles.